The molecule has 0 fully saturated rings. The molecule has 2 heterocycles. The predicted molar refractivity (Wildman–Crippen MR) is 91.1 cm³/mol. The number of aryl methyl sites for hydroxylation is 2. The second-order valence-corrected chi connectivity index (χ2v) is 5.88. The van der Waals surface area contributed by atoms with Crippen LogP contribution in [0, 0.1) is 13.8 Å². The van der Waals surface area contributed by atoms with Gasteiger partial charge in [0.05, 0.1) is 6.54 Å². The van der Waals surface area contributed by atoms with Crippen molar-refractivity contribution in [3.8, 4) is 5.75 Å². The van der Waals surface area contributed by atoms with Gasteiger partial charge in [0.15, 0.2) is 5.75 Å². The molecule has 3 aromatic rings. The Kier molecular flexibility index (Phi) is 4.93. The zero-order valence-electron chi connectivity index (χ0n) is 14.5. The molecule has 0 aliphatic heterocycles. The van der Waals surface area contributed by atoms with Crippen LogP contribution in [0.15, 0.2) is 36.7 Å². The van der Waals surface area contributed by atoms with Crippen LogP contribution in [0.5, 0.6) is 5.75 Å². The number of hydrogen-bond acceptors (Lipinski definition) is 5. The first kappa shape index (κ1) is 18.6. The number of pyridine rings is 1. The van der Waals surface area contributed by atoms with Crippen LogP contribution in [0.25, 0.3) is 10.9 Å². The molecule has 0 atom stereocenters. The van der Waals surface area contributed by atoms with Crippen molar-refractivity contribution in [2.45, 2.75) is 26.8 Å². The van der Waals surface area contributed by atoms with Crippen LogP contribution in [0.2, 0.25) is 0 Å². The molecule has 27 heavy (non-hydrogen) atoms. The van der Waals surface area contributed by atoms with E-state index in [1.54, 1.807) is 26.0 Å². The van der Waals surface area contributed by atoms with E-state index >= 15 is 0 Å². The first-order valence-electron chi connectivity index (χ1n) is 7.95. The lowest BCUT2D eigenvalue weighted by Crippen LogP contribution is -2.25. The van der Waals surface area contributed by atoms with Crippen molar-refractivity contribution in [2.75, 3.05) is 0 Å². The maximum absolute atomic E-state index is 12.7. The average Bonchev–Trinajstić information content (AvgIpc) is 2.60. The van der Waals surface area contributed by atoms with Gasteiger partial charge in [-0.3, -0.25) is 4.79 Å². The van der Waals surface area contributed by atoms with Gasteiger partial charge in [-0.1, -0.05) is 0 Å². The van der Waals surface area contributed by atoms with Crippen molar-refractivity contribution in [1.82, 2.24) is 20.3 Å². The summed E-state index contributed by atoms with van der Waals surface area (Å²) in [6, 6.07) is 6.09. The van der Waals surface area contributed by atoms with Gasteiger partial charge in [0.2, 0.25) is 0 Å². The number of alkyl halides is 3. The summed E-state index contributed by atoms with van der Waals surface area (Å²) >= 11 is 0. The summed E-state index contributed by atoms with van der Waals surface area (Å²) in [6.07, 6.45) is -1.79. The van der Waals surface area contributed by atoms with Gasteiger partial charge >= 0.3 is 6.36 Å². The molecule has 0 radical (unpaired) electrons. The summed E-state index contributed by atoms with van der Waals surface area (Å²) in [4.78, 5) is 24.5. The maximum atomic E-state index is 12.7. The number of ether oxygens (including phenoxy) is 1. The number of amides is 1. The Labute approximate surface area is 152 Å². The van der Waals surface area contributed by atoms with Gasteiger partial charge in [-0.15, -0.1) is 13.2 Å². The SMILES string of the molecule is Cc1cc(OC(F)(F)F)c2nc(C(=O)NCc3ncccn3)cc(C)c2c1. The molecule has 0 saturated heterocycles. The highest BCUT2D eigenvalue weighted by atomic mass is 19.4. The zero-order valence-corrected chi connectivity index (χ0v) is 14.5. The van der Waals surface area contributed by atoms with Crippen LogP contribution in [0.1, 0.15) is 27.4 Å². The van der Waals surface area contributed by atoms with Crippen molar-refractivity contribution in [3.05, 3.63) is 59.3 Å². The lowest BCUT2D eigenvalue weighted by atomic mass is 10.1. The number of hydrogen-bond donors (Lipinski definition) is 1. The smallest absolute Gasteiger partial charge is 0.403 e. The lowest BCUT2D eigenvalue weighted by Gasteiger charge is -2.14. The Bertz CT molecular complexity index is 991. The molecule has 140 valence electrons. The number of carbonyl (C=O) groups excluding carboxylic acids is 1. The number of nitrogens with zero attached hydrogens (tertiary/aromatic N) is 3. The van der Waals surface area contributed by atoms with Gasteiger partial charge in [-0.2, -0.15) is 0 Å². The van der Waals surface area contributed by atoms with E-state index in [-0.39, 0.29) is 17.8 Å². The van der Waals surface area contributed by atoms with E-state index in [1.807, 2.05) is 0 Å². The highest BCUT2D eigenvalue weighted by Crippen LogP contribution is 2.32. The van der Waals surface area contributed by atoms with Gasteiger partial charge in [-0.05, 0) is 49.2 Å². The van der Waals surface area contributed by atoms with Crippen LogP contribution in [-0.4, -0.2) is 27.2 Å². The molecule has 0 saturated carbocycles. The van der Waals surface area contributed by atoms with Gasteiger partial charge in [0.1, 0.15) is 17.0 Å². The molecule has 9 heteroatoms. The molecule has 3 rings (SSSR count). The van der Waals surface area contributed by atoms with Crippen LogP contribution in [0.4, 0.5) is 13.2 Å². The minimum atomic E-state index is -4.86. The summed E-state index contributed by atoms with van der Waals surface area (Å²) in [6.45, 7) is 3.42. The van der Waals surface area contributed by atoms with Crippen LogP contribution in [0.3, 0.4) is 0 Å². The fraction of sp³-hybridized carbons (Fsp3) is 0.222. The van der Waals surface area contributed by atoms with E-state index < -0.39 is 18.0 Å². The normalized spacial score (nSPS) is 11.4. The second-order valence-electron chi connectivity index (χ2n) is 5.88. The minimum Gasteiger partial charge on any atom is -0.403 e. The number of halogens is 3. The number of aromatic nitrogens is 3. The van der Waals surface area contributed by atoms with Crippen LogP contribution in [-0.2, 0) is 6.54 Å². The molecular formula is C18H15F3N4O2. The first-order valence-corrected chi connectivity index (χ1v) is 7.95. The van der Waals surface area contributed by atoms with E-state index in [4.69, 9.17) is 0 Å². The van der Waals surface area contributed by atoms with E-state index in [0.29, 0.717) is 22.3 Å². The zero-order chi connectivity index (χ0) is 19.6. The largest absolute Gasteiger partial charge is 0.573 e. The Morgan fingerprint density at radius 2 is 1.85 bits per heavy atom. The topological polar surface area (TPSA) is 77.0 Å². The van der Waals surface area contributed by atoms with Gasteiger partial charge in [0.25, 0.3) is 5.91 Å². The third-order valence-electron chi connectivity index (χ3n) is 3.71. The molecular weight excluding hydrogens is 361 g/mol. The molecule has 1 amide bonds. The fourth-order valence-corrected chi connectivity index (χ4v) is 2.59. The molecule has 0 unspecified atom stereocenters. The third kappa shape index (κ3) is 4.49. The quantitative estimate of drug-likeness (QED) is 0.755. The lowest BCUT2D eigenvalue weighted by molar-refractivity contribution is -0.274. The Morgan fingerprint density at radius 1 is 1.15 bits per heavy atom. The van der Waals surface area contributed by atoms with E-state index in [0.717, 1.165) is 0 Å². The standard InChI is InChI=1S/C18H15F3N4O2/c1-10-6-12-11(2)8-13(17(26)24-9-15-22-4-3-5-23-15)25-16(12)14(7-10)27-18(19,20)21/h3-8H,9H2,1-2H3,(H,24,26). The summed E-state index contributed by atoms with van der Waals surface area (Å²) in [5.41, 5.74) is 1.15. The van der Waals surface area contributed by atoms with Gasteiger partial charge in [-0.25, -0.2) is 15.0 Å². The molecule has 0 aliphatic rings. The van der Waals surface area contributed by atoms with E-state index in [2.05, 4.69) is 25.0 Å². The number of rotatable bonds is 4. The molecule has 1 N–H and O–H groups in total. The van der Waals surface area contributed by atoms with Crippen molar-refractivity contribution >= 4 is 16.8 Å². The first-order chi connectivity index (χ1) is 12.7. The molecule has 0 spiro atoms. The Hall–Kier alpha value is -3.23. The van der Waals surface area contributed by atoms with E-state index in [1.165, 1.54) is 24.5 Å². The van der Waals surface area contributed by atoms with Crippen molar-refractivity contribution in [3.63, 3.8) is 0 Å². The molecule has 2 aromatic heterocycles. The summed E-state index contributed by atoms with van der Waals surface area (Å²) in [5.74, 6) is -0.590. The fourth-order valence-electron chi connectivity index (χ4n) is 2.59. The van der Waals surface area contributed by atoms with Gasteiger partial charge < -0.3 is 10.1 Å². The number of benzene rings is 1. The second kappa shape index (κ2) is 7.18. The maximum Gasteiger partial charge on any atom is 0.573 e. The van der Waals surface area contributed by atoms with E-state index in [9.17, 15) is 18.0 Å². The van der Waals surface area contributed by atoms with Crippen molar-refractivity contribution < 1.29 is 22.7 Å². The molecule has 0 bridgehead atoms. The monoisotopic (exact) mass is 376 g/mol. The molecule has 0 aliphatic carbocycles. The number of fused-ring (bicyclic) bond motifs is 1. The average molecular weight is 376 g/mol. The van der Waals surface area contributed by atoms with Gasteiger partial charge in [0, 0.05) is 17.8 Å². The Balaban J connectivity index is 1.95. The molecule has 6 nitrogen and oxygen atoms in total. The summed E-state index contributed by atoms with van der Waals surface area (Å²) in [5, 5.41) is 3.08. The highest BCUT2D eigenvalue weighted by Gasteiger charge is 2.32. The predicted octanol–water partition coefficient (Wildman–Crippen LogP) is 3.47. The van der Waals surface area contributed by atoms with Crippen LogP contribution < -0.4 is 10.1 Å². The molecule has 1 aromatic carbocycles. The summed E-state index contributed by atoms with van der Waals surface area (Å²) in [7, 11) is 0. The number of nitrogens with one attached hydrogen (secondary N) is 1. The van der Waals surface area contributed by atoms with Crippen molar-refractivity contribution in [2.24, 2.45) is 0 Å². The minimum absolute atomic E-state index is 0.0215. The third-order valence-corrected chi connectivity index (χ3v) is 3.71. The summed E-state index contributed by atoms with van der Waals surface area (Å²) < 4.78 is 42.3. The van der Waals surface area contributed by atoms with Crippen molar-refractivity contribution in [1.29, 1.82) is 0 Å². The Morgan fingerprint density at radius 3 is 2.52 bits per heavy atom. The highest BCUT2D eigenvalue weighted by molar-refractivity contribution is 5.97. The number of carbonyl (C=O) groups is 1. The van der Waals surface area contributed by atoms with Crippen LogP contribution >= 0.6 is 0 Å².